The summed E-state index contributed by atoms with van der Waals surface area (Å²) in [7, 11) is 1.57. The van der Waals surface area contributed by atoms with Gasteiger partial charge in [0, 0.05) is 35.5 Å². The highest BCUT2D eigenvalue weighted by molar-refractivity contribution is 5.82. The van der Waals surface area contributed by atoms with Crippen LogP contribution in [-0.4, -0.2) is 31.6 Å². The molecule has 1 fully saturated rings. The van der Waals surface area contributed by atoms with E-state index < -0.39 is 0 Å². The zero-order valence-corrected chi connectivity index (χ0v) is 15.6. The maximum Gasteiger partial charge on any atom is 0.339 e. The molecule has 140 valence electrons. The van der Waals surface area contributed by atoms with E-state index in [-0.39, 0.29) is 24.0 Å². The Morgan fingerprint density at radius 3 is 2.96 bits per heavy atom. The summed E-state index contributed by atoms with van der Waals surface area (Å²) >= 11 is 0. The van der Waals surface area contributed by atoms with Gasteiger partial charge in [0.15, 0.2) is 0 Å². The minimum absolute atomic E-state index is 0.0160. The molecule has 2 unspecified atom stereocenters. The van der Waals surface area contributed by atoms with Crippen molar-refractivity contribution in [1.29, 1.82) is 0 Å². The molecule has 1 aliphatic rings. The van der Waals surface area contributed by atoms with Gasteiger partial charge in [-0.2, -0.15) is 0 Å². The quantitative estimate of drug-likeness (QED) is 0.802. The summed E-state index contributed by atoms with van der Waals surface area (Å²) in [6.45, 7) is 4.94. The molecule has 2 heterocycles. The molecule has 0 radical (unpaired) electrons. The second kappa shape index (κ2) is 7.91. The van der Waals surface area contributed by atoms with Gasteiger partial charge >= 0.3 is 5.63 Å². The Labute approximate surface area is 152 Å². The Bertz CT molecular complexity index is 859. The molecular weight excluding hydrogens is 332 g/mol. The number of carbonyl (C=O) groups excluding carboxylic acids is 1. The van der Waals surface area contributed by atoms with Crippen molar-refractivity contribution in [2.75, 3.05) is 13.7 Å². The molecule has 3 rings (SSSR count). The SMILES string of the molecule is COc1ccc2c(C)c(CCC(=O)NC3CCNC(C)C3)c(=O)oc2c1. The molecule has 2 atom stereocenters. The van der Waals surface area contributed by atoms with E-state index in [0.717, 1.165) is 30.3 Å². The number of hydrogen-bond acceptors (Lipinski definition) is 5. The second-order valence-corrected chi connectivity index (χ2v) is 7.00. The van der Waals surface area contributed by atoms with Crippen LogP contribution in [0.25, 0.3) is 11.0 Å². The third-order valence-corrected chi connectivity index (χ3v) is 5.09. The topological polar surface area (TPSA) is 80.6 Å². The van der Waals surface area contributed by atoms with Crippen LogP contribution in [0.3, 0.4) is 0 Å². The number of amides is 1. The average molecular weight is 358 g/mol. The molecule has 1 saturated heterocycles. The first kappa shape index (κ1) is 18.5. The van der Waals surface area contributed by atoms with Crippen molar-refractivity contribution in [3.8, 4) is 5.75 Å². The molecule has 0 aliphatic carbocycles. The zero-order chi connectivity index (χ0) is 18.7. The smallest absolute Gasteiger partial charge is 0.339 e. The van der Waals surface area contributed by atoms with E-state index >= 15 is 0 Å². The summed E-state index contributed by atoms with van der Waals surface area (Å²) < 4.78 is 10.6. The molecule has 6 nitrogen and oxygen atoms in total. The Balaban J connectivity index is 1.70. The number of methoxy groups -OCH3 is 1. The highest BCUT2D eigenvalue weighted by Crippen LogP contribution is 2.24. The summed E-state index contributed by atoms with van der Waals surface area (Å²) in [6.07, 6.45) is 2.54. The van der Waals surface area contributed by atoms with Gasteiger partial charge in [-0.05, 0) is 57.4 Å². The fraction of sp³-hybridized carbons (Fsp3) is 0.500. The molecule has 1 amide bonds. The Morgan fingerprint density at radius 1 is 1.42 bits per heavy atom. The van der Waals surface area contributed by atoms with Crippen LogP contribution >= 0.6 is 0 Å². The van der Waals surface area contributed by atoms with Gasteiger partial charge in [0.1, 0.15) is 11.3 Å². The van der Waals surface area contributed by atoms with Crippen molar-refractivity contribution in [2.24, 2.45) is 0 Å². The predicted octanol–water partition coefficient (Wildman–Crippen LogP) is 2.30. The number of nitrogens with one attached hydrogen (secondary N) is 2. The molecule has 0 saturated carbocycles. The van der Waals surface area contributed by atoms with Crippen molar-refractivity contribution in [3.05, 3.63) is 39.7 Å². The third kappa shape index (κ3) is 4.07. The van der Waals surface area contributed by atoms with Gasteiger partial charge in [0.05, 0.1) is 7.11 Å². The number of fused-ring (bicyclic) bond motifs is 1. The first-order chi connectivity index (χ1) is 12.5. The van der Waals surface area contributed by atoms with Crippen molar-refractivity contribution in [2.45, 2.75) is 51.6 Å². The molecule has 0 bridgehead atoms. The van der Waals surface area contributed by atoms with Gasteiger partial charge in [-0.25, -0.2) is 4.79 Å². The molecule has 26 heavy (non-hydrogen) atoms. The first-order valence-corrected chi connectivity index (χ1v) is 9.11. The van der Waals surface area contributed by atoms with E-state index in [0.29, 0.717) is 29.4 Å². The second-order valence-electron chi connectivity index (χ2n) is 7.00. The molecule has 6 heteroatoms. The number of aryl methyl sites for hydroxylation is 1. The minimum atomic E-state index is -0.383. The van der Waals surface area contributed by atoms with Crippen molar-refractivity contribution >= 4 is 16.9 Å². The fourth-order valence-corrected chi connectivity index (χ4v) is 3.59. The lowest BCUT2D eigenvalue weighted by atomic mass is 9.99. The van der Waals surface area contributed by atoms with Crippen molar-refractivity contribution in [1.82, 2.24) is 10.6 Å². The maximum atomic E-state index is 12.4. The van der Waals surface area contributed by atoms with E-state index in [9.17, 15) is 9.59 Å². The number of hydrogen-bond donors (Lipinski definition) is 2. The van der Waals surface area contributed by atoms with Crippen LogP contribution in [0.4, 0.5) is 0 Å². The van der Waals surface area contributed by atoms with E-state index in [1.165, 1.54) is 0 Å². The summed E-state index contributed by atoms with van der Waals surface area (Å²) in [5.41, 5.74) is 1.55. The van der Waals surface area contributed by atoms with Gasteiger partial charge < -0.3 is 19.8 Å². The normalized spacial score (nSPS) is 20.1. The van der Waals surface area contributed by atoms with Gasteiger partial charge in [-0.15, -0.1) is 0 Å². The van der Waals surface area contributed by atoms with Crippen LogP contribution in [0.2, 0.25) is 0 Å². The lowest BCUT2D eigenvalue weighted by Gasteiger charge is -2.28. The standard InChI is InChI=1S/C20H26N2O4/c1-12-10-14(8-9-21-12)22-19(23)7-6-17-13(2)16-5-4-15(25-3)11-18(16)26-20(17)24/h4-5,11-12,14,21H,6-10H2,1-3H3,(H,22,23). The summed E-state index contributed by atoms with van der Waals surface area (Å²) in [4.78, 5) is 24.6. The molecule has 1 aromatic carbocycles. The summed E-state index contributed by atoms with van der Waals surface area (Å²) in [5.74, 6) is 0.626. The highest BCUT2D eigenvalue weighted by atomic mass is 16.5. The van der Waals surface area contributed by atoms with Crippen LogP contribution in [0.15, 0.2) is 27.4 Å². The monoisotopic (exact) mass is 358 g/mol. The van der Waals surface area contributed by atoms with Gasteiger partial charge in [0.2, 0.25) is 5.91 Å². The number of carbonyl (C=O) groups is 1. The van der Waals surface area contributed by atoms with E-state index in [2.05, 4.69) is 17.6 Å². The van der Waals surface area contributed by atoms with Gasteiger partial charge in [-0.3, -0.25) is 4.79 Å². The molecule has 0 spiro atoms. The zero-order valence-electron chi connectivity index (χ0n) is 15.6. The summed E-state index contributed by atoms with van der Waals surface area (Å²) in [6, 6.07) is 6.05. The van der Waals surface area contributed by atoms with Crippen LogP contribution in [0, 0.1) is 6.92 Å². The Hall–Kier alpha value is -2.34. The Morgan fingerprint density at radius 2 is 2.23 bits per heavy atom. The predicted molar refractivity (Wildman–Crippen MR) is 101 cm³/mol. The molecule has 2 aromatic rings. The van der Waals surface area contributed by atoms with Crippen molar-refractivity contribution in [3.63, 3.8) is 0 Å². The first-order valence-electron chi connectivity index (χ1n) is 9.11. The maximum absolute atomic E-state index is 12.4. The largest absolute Gasteiger partial charge is 0.497 e. The van der Waals surface area contributed by atoms with Crippen LogP contribution in [0.1, 0.15) is 37.3 Å². The van der Waals surface area contributed by atoms with E-state index in [1.807, 2.05) is 19.1 Å². The highest BCUT2D eigenvalue weighted by Gasteiger charge is 2.20. The Kier molecular flexibility index (Phi) is 5.61. The summed E-state index contributed by atoms with van der Waals surface area (Å²) in [5, 5.41) is 7.32. The molecule has 2 N–H and O–H groups in total. The van der Waals surface area contributed by atoms with Gasteiger partial charge in [0.25, 0.3) is 0 Å². The van der Waals surface area contributed by atoms with Gasteiger partial charge in [-0.1, -0.05) is 0 Å². The van der Waals surface area contributed by atoms with E-state index in [1.54, 1.807) is 13.2 Å². The number of benzene rings is 1. The number of piperidine rings is 1. The molecule has 1 aliphatic heterocycles. The van der Waals surface area contributed by atoms with E-state index in [4.69, 9.17) is 9.15 Å². The molecular formula is C20H26N2O4. The lowest BCUT2D eigenvalue weighted by molar-refractivity contribution is -0.122. The average Bonchev–Trinajstić information content (AvgIpc) is 2.61. The van der Waals surface area contributed by atoms with Crippen LogP contribution in [-0.2, 0) is 11.2 Å². The van der Waals surface area contributed by atoms with Crippen LogP contribution in [0.5, 0.6) is 5.75 Å². The minimum Gasteiger partial charge on any atom is -0.497 e. The van der Waals surface area contributed by atoms with Crippen LogP contribution < -0.4 is 21.0 Å². The molecule has 1 aromatic heterocycles. The fourth-order valence-electron chi connectivity index (χ4n) is 3.59. The number of ether oxygens (including phenoxy) is 1. The number of rotatable bonds is 5. The lowest BCUT2D eigenvalue weighted by Crippen LogP contribution is -2.46. The van der Waals surface area contributed by atoms with Crippen molar-refractivity contribution < 1.29 is 13.9 Å². The third-order valence-electron chi connectivity index (χ3n) is 5.09.